The Balaban J connectivity index is 2.23. The van der Waals surface area contributed by atoms with Crippen LogP contribution in [-0.4, -0.2) is 62.9 Å². The summed E-state index contributed by atoms with van der Waals surface area (Å²) in [5, 5.41) is 0. The Hall–Kier alpha value is -2.19. The molecule has 1 saturated heterocycles. The summed E-state index contributed by atoms with van der Waals surface area (Å²) in [6, 6.07) is 6.88. The van der Waals surface area contributed by atoms with Crippen LogP contribution in [0.15, 0.2) is 30.3 Å². The number of hydrogen-bond acceptors (Lipinski definition) is 6. The lowest BCUT2D eigenvalue weighted by atomic mass is 10.1. The van der Waals surface area contributed by atoms with Gasteiger partial charge in [-0.15, -0.1) is 0 Å². The minimum absolute atomic E-state index is 0.261. The van der Waals surface area contributed by atoms with E-state index < -0.39 is 26.5 Å². The summed E-state index contributed by atoms with van der Waals surface area (Å²) in [4.78, 5) is 25.9. The number of ether oxygens (including phenoxy) is 2. The van der Waals surface area contributed by atoms with Crippen LogP contribution < -0.4 is 0 Å². The molecule has 1 aliphatic rings. The van der Waals surface area contributed by atoms with E-state index >= 15 is 0 Å². The van der Waals surface area contributed by atoms with Crippen molar-refractivity contribution < 1.29 is 27.5 Å². The van der Waals surface area contributed by atoms with Crippen LogP contribution in [0.3, 0.4) is 0 Å². The predicted octanol–water partition coefficient (Wildman–Crippen LogP) is 1.82. The molecule has 1 aromatic rings. The third-order valence-corrected chi connectivity index (χ3v) is 7.10. The van der Waals surface area contributed by atoms with E-state index in [-0.39, 0.29) is 12.4 Å². The third-order valence-electron chi connectivity index (χ3n) is 4.68. The second-order valence-electron chi connectivity index (χ2n) is 6.96. The zero-order chi connectivity index (χ0) is 20.8. The fourth-order valence-corrected chi connectivity index (χ4v) is 4.27. The van der Waals surface area contributed by atoms with Crippen LogP contribution in [0.5, 0.6) is 0 Å². The summed E-state index contributed by atoms with van der Waals surface area (Å²) >= 11 is 0. The predicted molar refractivity (Wildman–Crippen MR) is 106 cm³/mol. The Kier molecular flexibility index (Phi) is 7.37. The van der Waals surface area contributed by atoms with Crippen molar-refractivity contribution in [1.82, 2.24) is 4.90 Å². The summed E-state index contributed by atoms with van der Waals surface area (Å²) < 4.78 is 34.7. The van der Waals surface area contributed by atoms with Crippen molar-refractivity contribution >= 4 is 27.8 Å². The van der Waals surface area contributed by atoms with Crippen molar-refractivity contribution in [2.45, 2.75) is 31.3 Å². The van der Waals surface area contributed by atoms with Crippen molar-refractivity contribution in [2.75, 3.05) is 32.9 Å². The van der Waals surface area contributed by atoms with E-state index in [2.05, 4.69) is 0 Å². The quantitative estimate of drug-likeness (QED) is 0.504. The smallest absolute Gasteiger partial charge is 0.330 e. The monoisotopic (exact) mass is 409 g/mol. The number of hydrogen-bond donors (Lipinski definition) is 0. The Labute approximate surface area is 166 Å². The number of benzene rings is 1. The van der Waals surface area contributed by atoms with Gasteiger partial charge in [0.25, 0.3) is 0 Å². The van der Waals surface area contributed by atoms with Gasteiger partial charge in [0, 0.05) is 19.2 Å². The third kappa shape index (κ3) is 5.20. The van der Waals surface area contributed by atoms with E-state index in [9.17, 15) is 18.0 Å². The highest BCUT2D eigenvalue weighted by molar-refractivity contribution is 7.92. The SMILES string of the molecule is CCOC(=O)/C=C/c1ccccc1CS(=O)(=O)C(C)(C)C(=O)N1CCOCC1. The number of rotatable bonds is 7. The van der Waals surface area contributed by atoms with Gasteiger partial charge in [0.2, 0.25) is 5.91 Å². The Morgan fingerprint density at radius 1 is 1.21 bits per heavy atom. The number of carbonyl (C=O) groups excluding carboxylic acids is 2. The van der Waals surface area contributed by atoms with Crippen LogP contribution >= 0.6 is 0 Å². The molecule has 1 aliphatic heterocycles. The minimum Gasteiger partial charge on any atom is -0.463 e. The number of nitrogens with zero attached hydrogens (tertiary/aromatic N) is 1. The molecule has 154 valence electrons. The highest BCUT2D eigenvalue weighted by atomic mass is 32.2. The number of carbonyl (C=O) groups is 2. The first kappa shape index (κ1) is 22.1. The van der Waals surface area contributed by atoms with E-state index in [4.69, 9.17) is 9.47 Å². The van der Waals surface area contributed by atoms with Gasteiger partial charge in [-0.2, -0.15) is 0 Å². The molecule has 0 bridgehead atoms. The molecular weight excluding hydrogens is 382 g/mol. The lowest BCUT2D eigenvalue weighted by Gasteiger charge is -2.34. The maximum Gasteiger partial charge on any atom is 0.330 e. The van der Waals surface area contributed by atoms with Gasteiger partial charge < -0.3 is 14.4 Å². The molecular formula is C20H27NO6S. The van der Waals surface area contributed by atoms with Gasteiger partial charge in [0.05, 0.1) is 25.6 Å². The summed E-state index contributed by atoms with van der Waals surface area (Å²) in [5.41, 5.74) is 1.11. The first-order valence-corrected chi connectivity index (χ1v) is 10.9. The maximum atomic E-state index is 13.1. The van der Waals surface area contributed by atoms with Gasteiger partial charge in [0.1, 0.15) is 4.75 Å². The lowest BCUT2D eigenvalue weighted by Crippen LogP contribution is -2.53. The Morgan fingerprint density at radius 3 is 2.50 bits per heavy atom. The fourth-order valence-electron chi connectivity index (χ4n) is 2.84. The lowest BCUT2D eigenvalue weighted by molar-refractivity contribution is -0.138. The van der Waals surface area contributed by atoms with Gasteiger partial charge in [-0.3, -0.25) is 4.79 Å². The summed E-state index contributed by atoms with van der Waals surface area (Å²) in [6.07, 6.45) is 2.79. The largest absolute Gasteiger partial charge is 0.463 e. The van der Waals surface area contributed by atoms with Crippen molar-refractivity contribution in [1.29, 1.82) is 0 Å². The van der Waals surface area contributed by atoms with Gasteiger partial charge in [0.15, 0.2) is 9.84 Å². The molecule has 28 heavy (non-hydrogen) atoms. The Morgan fingerprint density at radius 2 is 1.86 bits per heavy atom. The van der Waals surface area contributed by atoms with Crippen molar-refractivity contribution in [3.63, 3.8) is 0 Å². The summed E-state index contributed by atoms with van der Waals surface area (Å²) in [6.45, 7) is 6.44. The number of morpholine rings is 1. The minimum atomic E-state index is -3.81. The normalized spacial score (nSPS) is 15.6. The summed E-state index contributed by atoms with van der Waals surface area (Å²) in [5.74, 6) is -1.22. The fraction of sp³-hybridized carbons (Fsp3) is 0.500. The van der Waals surface area contributed by atoms with Gasteiger partial charge >= 0.3 is 5.97 Å². The molecule has 0 spiro atoms. The molecule has 0 aliphatic carbocycles. The van der Waals surface area contributed by atoms with Crippen molar-refractivity contribution in [3.05, 3.63) is 41.5 Å². The van der Waals surface area contributed by atoms with Crippen LogP contribution in [-0.2, 0) is 34.7 Å². The highest BCUT2D eigenvalue weighted by Crippen LogP contribution is 2.26. The van der Waals surface area contributed by atoms with E-state index in [1.54, 1.807) is 31.2 Å². The topological polar surface area (TPSA) is 90.0 Å². The van der Waals surface area contributed by atoms with E-state index in [0.717, 1.165) is 0 Å². The Bertz CT molecular complexity index is 838. The van der Waals surface area contributed by atoms with Crippen LogP contribution in [0.4, 0.5) is 0 Å². The molecule has 8 heteroatoms. The zero-order valence-electron chi connectivity index (χ0n) is 16.5. The molecule has 0 N–H and O–H groups in total. The van der Waals surface area contributed by atoms with Crippen LogP contribution in [0.25, 0.3) is 6.08 Å². The maximum absolute atomic E-state index is 13.1. The molecule has 1 amide bonds. The highest BCUT2D eigenvalue weighted by Gasteiger charge is 2.44. The van der Waals surface area contributed by atoms with Crippen molar-refractivity contribution in [3.8, 4) is 0 Å². The number of esters is 1. The molecule has 0 atom stereocenters. The van der Waals surface area contributed by atoms with Crippen LogP contribution in [0.1, 0.15) is 31.9 Å². The molecule has 1 fully saturated rings. The van der Waals surface area contributed by atoms with E-state index in [1.807, 2.05) is 0 Å². The molecule has 0 aromatic heterocycles. The molecule has 2 rings (SSSR count). The van der Waals surface area contributed by atoms with Gasteiger partial charge in [-0.25, -0.2) is 13.2 Å². The number of sulfone groups is 1. The summed E-state index contributed by atoms with van der Waals surface area (Å²) in [7, 11) is -3.81. The second-order valence-corrected chi connectivity index (χ2v) is 9.50. The second kappa shape index (κ2) is 9.34. The van der Waals surface area contributed by atoms with E-state index in [0.29, 0.717) is 37.4 Å². The van der Waals surface area contributed by atoms with Crippen LogP contribution in [0.2, 0.25) is 0 Å². The molecule has 7 nitrogen and oxygen atoms in total. The van der Waals surface area contributed by atoms with E-state index in [1.165, 1.54) is 30.9 Å². The van der Waals surface area contributed by atoms with Crippen molar-refractivity contribution in [2.24, 2.45) is 0 Å². The van der Waals surface area contributed by atoms with Gasteiger partial charge in [-0.05, 0) is 38.0 Å². The first-order chi connectivity index (χ1) is 13.2. The molecule has 1 aromatic carbocycles. The van der Waals surface area contributed by atoms with Crippen LogP contribution in [0, 0.1) is 0 Å². The molecule has 1 heterocycles. The zero-order valence-corrected chi connectivity index (χ0v) is 17.3. The average Bonchev–Trinajstić information content (AvgIpc) is 2.67. The average molecular weight is 410 g/mol. The number of amides is 1. The molecule has 0 unspecified atom stereocenters. The molecule has 0 saturated carbocycles. The first-order valence-electron chi connectivity index (χ1n) is 9.21. The molecule has 0 radical (unpaired) electrons. The standard InChI is InChI=1S/C20H27NO6S/c1-4-27-18(22)10-9-16-7-5-6-8-17(16)15-28(24,25)20(2,3)19(23)21-11-13-26-14-12-21/h5-10H,4,11-15H2,1-3H3/b10-9+. The van der Waals surface area contributed by atoms with Gasteiger partial charge in [-0.1, -0.05) is 24.3 Å².